The van der Waals surface area contributed by atoms with Crippen LogP contribution in [0.15, 0.2) is 24.4 Å². The first-order valence-electron chi connectivity index (χ1n) is 6.39. The van der Waals surface area contributed by atoms with Gasteiger partial charge in [0.05, 0.1) is 0 Å². The fourth-order valence-corrected chi connectivity index (χ4v) is 2.36. The van der Waals surface area contributed by atoms with Crippen molar-refractivity contribution in [3.8, 4) is 5.75 Å². The Morgan fingerprint density at radius 1 is 1.15 bits per heavy atom. The van der Waals surface area contributed by atoms with Crippen LogP contribution in [0.3, 0.4) is 0 Å². The van der Waals surface area contributed by atoms with Gasteiger partial charge in [0.25, 0.3) is 0 Å². The maximum absolute atomic E-state index is 12.3. The molecule has 20 heavy (non-hydrogen) atoms. The molecule has 0 aliphatic carbocycles. The standard InChI is InChI=1S/C15H18F3NO/c1-14(2,3)8-10-9-19(4)13-6-5-11(7-12(10)13)20-15(16,17)18/h5-7,9H,8H2,1-4H3. The van der Waals surface area contributed by atoms with Crippen LogP contribution in [0.25, 0.3) is 10.9 Å². The van der Waals surface area contributed by atoms with E-state index in [4.69, 9.17) is 0 Å². The quantitative estimate of drug-likeness (QED) is 0.782. The molecule has 110 valence electrons. The molecule has 0 aliphatic rings. The van der Waals surface area contributed by atoms with Crippen molar-refractivity contribution < 1.29 is 17.9 Å². The number of benzene rings is 1. The number of hydrogen-bond acceptors (Lipinski definition) is 1. The summed E-state index contributed by atoms with van der Waals surface area (Å²) in [5, 5.41) is 0.809. The Morgan fingerprint density at radius 3 is 2.35 bits per heavy atom. The molecule has 5 heteroatoms. The Kier molecular flexibility index (Phi) is 3.48. The monoisotopic (exact) mass is 285 g/mol. The number of hydrogen-bond donors (Lipinski definition) is 0. The Labute approximate surface area is 116 Å². The Balaban J connectivity index is 2.46. The lowest BCUT2D eigenvalue weighted by Crippen LogP contribution is -2.17. The lowest BCUT2D eigenvalue weighted by molar-refractivity contribution is -0.274. The molecule has 1 heterocycles. The third kappa shape index (κ3) is 3.46. The van der Waals surface area contributed by atoms with Crippen LogP contribution in [0.5, 0.6) is 5.75 Å². The van der Waals surface area contributed by atoms with E-state index < -0.39 is 6.36 Å². The summed E-state index contributed by atoms with van der Waals surface area (Å²) >= 11 is 0. The van der Waals surface area contributed by atoms with Crippen molar-refractivity contribution in [1.82, 2.24) is 4.57 Å². The van der Waals surface area contributed by atoms with E-state index in [0.29, 0.717) is 0 Å². The zero-order valence-corrected chi connectivity index (χ0v) is 12.0. The van der Waals surface area contributed by atoms with Crippen LogP contribution in [0, 0.1) is 5.41 Å². The number of aryl methyl sites for hydroxylation is 1. The minimum atomic E-state index is -4.66. The van der Waals surface area contributed by atoms with E-state index in [9.17, 15) is 13.2 Å². The van der Waals surface area contributed by atoms with Crippen molar-refractivity contribution >= 4 is 10.9 Å². The summed E-state index contributed by atoms with van der Waals surface area (Å²) in [6, 6.07) is 4.46. The third-order valence-electron chi connectivity index (χ3n) is 3.00. The molecule has 0 spiro atoms. The second kappa shape index (κ2) is 4.72. The van der Waals surface area contributed by atoms with Crippen LogP contribution >= 0.6 is 0 Å². The van der Waals surface area contributed by atoms with Crippen molar-refractivity contribution in [2.24, 2.45) is 12.5 Å². The molecule has 1 aromatic heterocycles. The van der Waals surface area contributed by atoms with Crippen LogP contribution in [0.2, 0.25) is 0 Å². The van der Waals surface area contributed by atoms with E-state index in [1.807, 2.05) is 17.8 Å². The second-order valence-electron chi connectivity index (χ2n) is 6.23. The van der Waals surface area contributed by atoms with E-state index in [0.717, 1.165) is 22.9 Å². The van der Waals surface area contributed by atoms with E-state index >= 15 is 0 Å². The normalized spacial score (nSPS) is 12.9. The number of rotatable bonds is 2. The molecular formula is C15H18F3NO. The molecule has 0 unspecified atom stereocenters. The van der Waals surface area contributed by atoms with Gasteiger partial charge in [0.1, 0.15) is 5.75 Å². The zero-order valence-electron chi connectivity index (χ0n) is 12.0. The van der Waals surface area contributed by atoms with E-state index in [1.54, 1.807) is 6.07 Å². The number of aromatic nitrogens is 1. The summed E-state index contributed by atoms with van der Waals surface area (Å²) in [5.41, 5.74) is 2.00. The summed E-state index contributed by atoms with van der Waals surface area (Å²) in [6.07, 6.45) is -1.90. The van der Waals surface area contributed by atoms with Crippen LogP contribution in [0.4, 0.5) is 13.2 Å². The van der Waals surface area contributed by atoms with Crippen molar-refractivity contribution in [2.45, 2.75) is 33.6 Å². The highest BCUT2D eigenvalue weighted by atomic mass is 19.4. The van der Waals surface area contributed by atoms with Crippen LogP contribution in [0.1, 0.15) is 26.3 Å². The molecule has 0 fully saturated rings. The maximum atomic E-state index is 12.3. The Hall–Kier alpha value is -1.65. The molecule has 0 aliphatic heterocycles. The Bertz CT molecular complexity index is 620. The summed E-state index contributed by atoms with van der Waals surface area (Å²) < 4.78 is 42.8. The fourth-order valence-electron chi connectivity index (χ4n) is 2.36. The van der Waals surface area contributed by atoms with Gasteiger partial charge in [-0.1, -0.05) is 20.8 Å². The van der Waals surface area contributed by atoms with Crippen LogP contribution in [-0.2, 0) is 13.5 Å². The molecule has 0 saturated carbocycles. The van der Waals surface area contributed by atoms with Gasteiger partial charge >= 0.3 is 6.36 Å². The van der Waals surface area contributed by atoms with Gasteiger partial charge in [0.2, 0.25) is 0 Å². The number of ether oxygens (including phenoxy) is 1. The summed E-state index contributed by atoms with van der Waals surface area (Å²) in [4.78, 5) is 0. The number of fused-ring (bicyclic) bond motifs is 1. The van der Waals surface area contributed by atoms with E-state index in [1.165, 1.54) is 12.1 Å². The molecule has 2 nitrogen and oxygen atoms in total. The SMILES string of the molecule is Cn1cc(CC(C)(C)C)c2cc(OC(F)(F)F)ccc21. The molecule has 0 atom stereocenters. The summed E-state index contributed by atoms with van der Waals surface area (Å²) in [5.74, 6) is -0.175. The molecule has 2 rings (SSSR count). The maximum Gasteiger partial charge on any atom is 0.573 e. The van der Waals surface area contributed by atoms with Gasteiger partial charge in [0, 0.05) is 24.1 Å². The first kappa shape index (κ1) is 14.8. The Morgan fingerprint density at radius 2 is 1.80 bits per heavy atom. The van der Waals surface area contributed by atoms with Crippen LogP contribution < -0.4 is 4.74 Å². The topological polar surface area (TPSA) is 14.2 Å². The van der Waals surface area contributed by atoms with Crippen molar-refractivity contribution in [3.63, 3.8) is 0 Å². The van der Waals surface area contributed by atoms with Gasteiger partial charge in [-0.2, -0.15) is 0 Å². The second-order valence-corrected chi connectivity index (χ2v) is 6.23. The van der Waals surface area contributed by atoms with Crippen molar-refractivity contribution in [2.75, 3.05) is 0 Å². The highest BCUT2D eigenvalue weighted by Crippen LogP contribution is 2.32. The minimum Gasteiger partial charge on any atom is -0.406 e. The zero-order chi connectivity index (χ0) is 15.1. The first-order chi connectivity index (χ1) is 9.05. The average molecular weight is 285 g/mol. The van der Waals surface area contributed by atoms with Gasteiger partial charge in [-0.25, -0.2) is 0 Å². The molecule has 1 aromatic carbocycles. The highest BCUT2D eigenvalue weighted by Gasteiger charge is 2.31. The van der Waals surface area contributed by atoms with E-state index in [-0.39, 0.29) is 11.2 Å². The third-order valence-corrected chi connectivity index (χ3v) is 3.00. The predicted octanol–water partition coefficient (Wildman–Crippen LogP) is 4.67. The van der Waals surface area contributed by atoms with Gasteiger partial charge in [-0.3, -0.25) is 0 Å². The lowest BCUT2D eigenvalue weighted by atomic mass is 9.88. The van der Waals surface area contributed by atoms with Gasteiger partial charge in [0.15, 0.2) is 0 Å². The molecule has 0 amide bonds. The number of halogens is 3. The number of nitrogens with zero attached hydrogens (tertiary/aromatic N) is 1. The molecule has 2 aromatic rings. The average Bonchev–Trinajstić information content (AvgIpc) is 2.50. The molecule has 0 radical (unpaired) electrons. The minimum absolute atomic E-state index is 0.0647. The largest absolute Gasteiger partial charge is 0.573 e. The molecule has 0 N–H and O–H groups in total. The lowest BCUT2D eigenvalue weighted by Gasteiger charge is -2.17. The van der Waals surface area contributed by atoms with Gasteiger partial charge < -0.3 is 9.30 Å². The predicted molar refractivity (Wildman–Crippen MR) is 72.8 cm³/mol. The molecular weight excluding hydrogens is 267 g/mol. The van der Waals surface area contributed by atoms with Crippen molar-refractivity contribution in [1.29, 1.82) is 0 Å². The molecule has 0 bridgehead atoms. The van der Waals surface area contributed by atoms with Gasteiger partial charge in [-0.05, 0) is 35.6 Å². The first-order valence-corrected chi connectivity index (χ1v) is 6.39. The summed E-state index contributed by atoms with van der Waals surface area (Å²) in [7, 11) is 1.89. The fraction of sp³-hybridized carbons (Fsp3) is 0.467. The summed E-state index contributed by atoms with van der Waals surface area (Å²) in [6.45, 7) is 6.30. The van der Waals surface area contributed by atoms with Crippen molar-refractivity contribution in [3.05, 3.63) is 30.0 Å². The molecule has 0 saturated heterocycles. The van der Waals surface area contributed by atoms with Crippen LogP contribution in [-0.4, -0.2) is 10.9 Å². The van der Waals surface area contributed by atoms with E-state index in [2.05, 4.69) is 25.5 Å². The number of alkyl halides is 3. The highest BCUT2D eigenvalue weighted by molar-refractivity contribution is 5.85. The smallest absolute Gasteiger partial charge is 0.406 e. The van der Waals surface area contributed by atoms with Gasteiger partial charge in [-0.15, -0.1) is 13.2 Å².